The van der Waals surface area contributed by atoms with Crippen molar-refractivity contribution >= 4 is 34.1 Å². The van der Waals surface area contributed by atoms with Crippen LogP contribution in [0, 0.1) is 18.7 Å². The summed E-state index contributed by atoms with van der Waals surface area (Å²) in [4.78, 5) is 57.8. The van der Waals surface area contributed by atoms with E-state index in [2.05, 4.69) is 39.3 Å². The van der Waals surface area contributed by atoms with Crippen molar-refractivity contribution < 1.29 is 14.3 Å². The number of carbonyl (C=O) groups is 1. The third kappa shape index (κ3) is 7.82. The lowest BCUT2D eigenvalue weighted by Gasteiger charge is -2.17. The molecule has 1 fully saturated rings. The Morgan fingerprint density at radius 3 is 2.53 bits per heavy atom. The van der Waals surface area contributed by atoms with Gasteiger partial charge in [-0.2, -0.15) is 0 Å². The van der Waals surface area contributed by atoms with E-state index >= 15 is 0 Å². The molecule has 250 valence electrons. The molecule has 5 N–H and O–H groups in total. The first-order chi connectivity index (χ1) is 22.6. The second-order valence-corrected chi connectivity index (χ2v) is 12.3. The standard InChI is InChI=1S/C35H43FN6O5/c1-4-23-15-24(10-9-21(23)3)38-30-18-31(43)42(35(47)40-30)13-8-6-7-12-41-14-11-22(20-41)19-37-29-17-28-25(16-26(29)36)33(44)32(34(45)46)27(5-2)39-28/h9-10,15-18,22,37-38H,4-8,11-14,19-20H2,1-3H3,(H,39,44)(H,40,47)(H,45,46). The predicted molar refractivity (Wildman–Crippen MR) is 183 cm³/mol. The van der Waals surface area contributed by atoms with Crippen molar-refractivity contribution in [3.63, 3.8) is 0 Å². The smallest absolute Gasteiger partial charge is 0.341 e. The molecule has 0 saturated carbocycles. The van der Waals surface area contributed by atoms with Crippen molar-refractivity contribution in [3.8, 4) is 0 Å². The second kappa shape index (κ2) is 14.8. The van der Waals surface area contributed by atoms with E-state index in [0.29, 0.717) is 48.9 Å². The van der Waals surface area contributed by atoms with Crippen LogP contribution < -0.4 is 27.3 Å². The van der Waals surface area contributed by atoms with Crippen molar-refractivity contribution in [3.05, 3.63) is 95.7 Å². The lowest BCUT2D eigenvalue weighted by molar-refractivity contribution is 0.0694. The highest BCUT2D eigenvalue weighted by Crippen LogP contribution is 2.24. The van der Waals surface area contributed by atoms with E-state index in [4.69, 9.17) is 0 Å². The number of anilines is 3. The number of nitrogens with one attached hydrogen (secondary N) is 4. The Hall–Kier alpha value is -4.71. The Kier molecular flexibility index (Phi) is 10.6. The molecule has 1 aliphatic rings. The Bertz CT molecular complexity index is 1920. The van der Waals surface area contributed by atoms with Crippen molar-refractivity contribution in [1.82, 2.24) is 19.4 Å². The SMILES string of the molecule is CCc1cc(Nc2cc(=O)n(CCCCCN3CCC(CNc4cc5[nH]c(CC)c(C(=O)O)c(=O)c5cc4F)C3)c(=O)[nH]2)ccc1C. The van der Waals surface area contributed by atoms with E-state index in [9.17, 15) is 28.7 Å². The molecule has 0 radical (unpaired) electrons. The molecule has 0 aliphatic carbocycles. The summed E-state index contributed by atoms with van der Waals surface area (Å²) >= 11 is 0. The van der Waals surface area contributed by atoms with Crippen LogP contribution in [-0.2, 0) is 19.4 Å². The summed E-state index contributed by atoms with van der Waals surface area (Å²) in [6.07, 6.45) is 4.72. The van der Waals surface area contributed by atoms with Crippen LogP contribution in [0.2, 0.25) is 0 Å². The van der Waals surface area contributed by atoms with Gasteiger partial charge in [0, 0.05) is 42.5 Å². The average molecular weight is 647 g/mol. The summed E-state index contributed by atoms with van der Waals surface area (Å²) in [5.74, 6) is -1.23. The van der Waals surface area contributed by atoms with Crippen molar-refractivity contribution in [2.24, 2.45) is 5.92 Å². The highest BCUT2D eigenvalue weighted by molar-refractivity contribution is 5.94. The minimum Gasteiger partial charge on any atom is -0.477 e. The number of halogens is 1. The lowest BCUT2D eigenvalue weighted by atomic mass is 10.1. The Morgan fingerprint density at radius 1 is 1.02 bits per heavy atom. The summed E-state index contributed by atoms with van der Waals surface area (Å²) < 4.78 is 16.1. The van der Waals surface area contributed by atoms with Gasteiger partial charge in [-0.1, -0.05) is 26.3 Å². The number of aromatic carboxylic acids is 1. The summed E-state index contributed by atoms with van der Waals surface area (Å²) in [5, 5.41) is 15.8. The first-order valence-corrected chi connectivity index (χ1v) is 16.4. The van der Waals surface area contributed by atoms with Gasteiger partial charge in [-0.3, -0.25) is 19.1 Å². The number of aryl methyl sites for hydroxylation is 3. The number of hydrogen-bond donors (Lipinski definition) is 5. The number of H-pyrrole nitrogens is 2. The Labute approximate surface area is 271 Å². The minimum atomic E-state index is -1.33. The molecule has 0 amide bonds. The highest BCUT2D eigenvalue weighted by atomic mass is 19.1. The summed E-state index contributed by atoms with van der Waals surface area (Å²) in [5.41, 5.74) is 2.41. The van der Waals surface area contributed by atoms with Crippen LogP contribution in [0.3, 0.4) is 0 Å². The van der Waals surface area contributed by atoms with E-state index in [1.807, 2.05) is 18.2 Å². The predicted octanol–water partition coefficient (Wildman–Crippen LogP) is 5.00. The maximum absolute atomic E-state index is 14.9. The number of aromatic nitrogens is 3. The fraction of sp³-hybridized carbons (Fsp3) is 0.429. The molecule has 1 saturated heterocycles. The van der Waals surface area contributed by atoms with E-state index in [-0.39, 0.29) is 22.2 Å². The average Bonchev–Trinajstić information content (AvgIpc) is 3.49. The number of rotatable bonds is 14. The monoisotopic (exact) mass is 646 g/mol. The van der Waals surface area contributed by atoms with Gasteiger partial charge in [0.05, 0.1) is 11.2 Å². The van der Waals surface area contributed by atoms with E-state index in [1.54, 1.807) is 6.92 Å². The number of fused-ring (bicyclic) bond motifs is 1. The molecule has 4 aromatic rings. The number of pyridine rings is 1. The topological polar surface area (TPSA) is 152 Å². The van der Waals surface area contributed by atoms with Crippen LogP contribution in [0.1, 0.15) is 66.7 Å². The largest absolute Gasteiger partial charge is 0.477 e. The highest BCUT2D eigenvalue weighted by Gasteiger charge is 2.23. The number of likely N-dealkylation sites (tertiary alicyclic amines) is 1. The molecule has 1 atom stereocenters. The van der Waals surface area contributed by atoms with Crippen LogP contribution in [-0.4, -0.2) is 56.7 Å². The fourth-order valence-electron chi connectivity index (χ4n) is 6.39. The van der Waals surface area contributed by atoms with Crippen LogP contribution in [0.5, 0.6) is 0 Å². The number of nitrogens with zero attached hydrogens (tertiary/aromatic N) is 2. The number of carboxylic acid groups (broad SMARTS) is 1. The van der Waals surface area contributed by atoms with Crippen LogP contribution in [0.15, 0.2) is 50.8 Å². The molecule has 2 aromatic carbocycles. The molecule has 0 bridgehead atoms. The van der Waals surface area contributed by atoms with Gasteiger partial charge in [-0.05, 0) is 93.4 Å². The maximum Gasteiger partial charge on any atom is 0.341 e. The van der Waals surface area contributed by atoms with Crippen LogP contribution >= 0.6 is 0 Å². The quantitative estimate of drug-likeness (QED) is 0.120. The summed E-state index contributed by atoms with van der Waals surface area (Å²) in [7, 11) is 0. The lowest BCUT2D eigenvalue weighted by Crippen LogP contribution is -2.35. The third-order valence-corrected chi connectivity index (χ3v) is 9.07. The molecule has 11 nitrogen and oxygen atoms in total. The van der Waals surface area contributed by atoms with Crippen LogP contribution in [0.4, 0.5) is 21.6 Å². The van der Waals surface area contributed by atoms with E-state index < -0.39 is 22.9 Å². The molecule has 5 rings (SSSR count). The molecule has 2 aromatic heterocycles. The molecule has 0 spiro atoms. The summed E-state index contributed by atoms with van der Waals surface area (Å²) in [6.45, 7) is 9.52. The first kappa shape index (κ1) is 33.6. The number of unbranched alkanes of at least 4 members (excludes halogenated alkanes) is 2. The molecule has 3 heterocycles. The van der Waals surface area contributed by atoms with Gasteiger partial charge < -0.3 is 25.6 Å². The fourth-order valence-corrected chi connectivity index (χ4v) is 6.39. The van der Waals surface area contributed by atoms with Crippen molar-refractivity contribution in [2.75, 3.05) is 36.8 Å². The molecular weight excluding hydrogens is 603 g/mol. The zero-order chi connectivity index (χ0) is 33.7. The second-order valence-electron chi connectivity index (χ2n) is 12.3. The van der Waals surface area contributed by atoms with Gasteiger partial charge in [-0.15, -0.1) is 0 Å². The first-order valence-electron chi connectivity index (χ1n) is 16.4. The minimum absolute atomic E-state index is 0.0155. The third-order valence-electron chi connectivity index (χ3n) is 9.07. The van der Waals surface area contributed by atoms with Gasteiger partial charge in [0.25, 0.3) is 5.56 Å². The number of hydrogen-bond acceptors (Lipinski definition) is 7. The van der Waals surface area contributed by atoms with Crippen molar-refractivity contribution in [1.29, 1.82) is 0 Å². The van der Waals surface area contributed by atoms with E-state index in [1.165, 1.54) is 27.8 Å². The molecule has 47 heavy (non-hydrogen) atoms. The number of aromatic amines is 2. The van der Waals surface area contributed by atoms with Gasteiger partial charge in [0.1, 0.15) is 17.2 Å². The van der Waals surface area contributed by atoms with Gasteiger partial charge >= 0.3 is 11.7 Å². The zero-order valence-corrected chi connectivity index (χ0v) is 27.2. The molecule has 12 heteroatoms. The Morgan fingerprint density at radius 2 is 1.81 bits per heavy atom. The van der Waals surface area contributed by atoms with Gasteiger partial charge in [0.15, 0.2) is 0 Å². The number of benzene rings is 2. The molecule has 1 aliphatic heterocycles. The van der Waals surface area contributed by atoms with Gasteiger partial charge in [-0.25, -0.2) is 14.0 Å². The Balaban J connectivity index is 1.07. The van der Waals surface area contributed by atoms with Crippen molar-refractivity contribution in [2.45, 2.75) is 65.8 Å². The van der Waals surface area contributed by atoms with Gasteiger partial charge in [0.2, 0.25) is 5.43 Å². The normalized spacial score (nSPS) is 14.9. The van der Waals surface area contributed by atoms with E-state index in [0.717, 1.165) is 57.1 Å². The molecule has 1 unspecified atom stereocenters. The van der Waals surface area contributed by atoms with Crippen LogP contribution in [0.25, 0.3) is 10.9 Å². The summed E-state index contributed by atoms with van der Waals surface area (Å²) in [6, 6.07) is 10.0. The maximum atomic E-state index is 14.9. The molecular formula is C35H43FN6O5. The number of carboxylic acids is 1. The zero-order valence-electron chi connectivity index (χ0n) is 27.2.